The van der Waals surface area contributed by atoms with Crippen LogP contribution in [0.15, 0.2) is 0 Å². The first-order valence-corrected chi connectivity index (χ1v) is 7.64. The van der Waals surface area contributed by atoms with Crippen molar-refractivity contribution in [3.63, 3.8) is 0 Å². The van der Waals surface area contributed by atoms with Gasteiger partial charge in [0.05, 0.1) is 0 Å². The van der Waals surface area contributed by atoms with Crippen LogP contribution in [0.2, 0.25) is 0 Å². The number of nitrogens with one attached hydrogen (secondary N) is 1. The van der Waals surface area contributed by atoms with Gasteiger partial charge in [0, 0.05) is 25.7 Å². The standard InChI is InChI=1S/C15H30N2O3/c1-12-11-17(8-5-6-10-18)9-7-13(12)16-14(19)20-15(2,3)4/h12-13,18H,5-11H2,1-4H3,(H,16,19). The summed E-state index contributed by atoms with van der Waals surface area (Å²) in [4.78, 5) is 14.2. The molecule has 2 unspecified atom stereocenters. The van der Waals surface area contributed by atoms with Gasteiger partial charge in [-0.05, 0) is 52.5 Å². The number of nitrogens with zero attached hydrogens (tertiary/aromatic N) is 1. The maximum absolute atomic E-state index is 11.8. The van der Waals surface area contributed by atoms with Gasteiger partial charge in [-0.3, -0.25) is 0 Å². The molecule has 0 bridgehead atoms. The number of aliphatic hydroxyl groups excluding tert-OH is 1. The summed E-state index contributed by atoms with van der Waals surface area (Å²) in [7, 11) is 0. The summed E-state index contributed by atoms with van der Waals surface area (Å²) < 4.78 is 5.30. The largest absolute Gasteiger partial charge is 0.444 e. The van der Waals surface area contributed by atoms with Gasteiger partial charge < -0.3 is 20.1 Å². The number of piperidine rings is 1. The molecule has 1 fully saturated rings. The maximum Gasteiger partial charge on any atom is 0.407 e. The predicted molar refractivity (Wildman–Crippen MR) is 79.7 cm³/mol. The van der Waals surface area contributed by atoms with Gasteiger partial charge >= 0.3 is 6.09 Å². The highest BCUT2D eigenvalue weighted by molar-refractivity contribution is 5.68. The van der Waals surface area contributed by atoms with Gasteiger partial charge in [0.25, 0.3) is 0 Å². The number of rotatable bonds is 5. The van der Waals surface area contributed by atoms with Gasteiger partial charge in [-0.15, -0.1) is 0 Å². The van der Waals surface area contributed by atoms with Crippen molar-refractivity contribution < 1.29 is 14.6 Å². The van der Waals surface area contributed by atoms with Crippen LogP contribution in [0.4, 0.5) is 4.79 Å². The Hall–Kier alpha value is -0.810. The van der Waals surface area contributed by atoms with Crippen molar-refractivity contribution in [2.75, 3.05) is 26.2 Å². The zero-order chi connectivity index (χ0) is 15.2. The molecule has 1 aliphatic heterocycles. The topological polar surface area (TPSA) is 61.8 Å². The minimum Gasteiger partial charge on any atom is -0.444 e. The lowest BCUT2D eigenvalue weighted by molar-refractivity contribution is 0.0442. The van der Waals surface area contributed by atoms with Gasteiger partial charge in [-0.1, -0.05) is 6.92 Å². The van der Waals surface area contributed by atoms with Gasteiger partial charge in [-0.2, -0.15) is 0 Å². The second kappa shape index (κ2) is 7.84. The molecular weight excluding hydrogens is 256 g/mol. The molecule has 118 valence electrons. The molecule has 1 rings (SSSR count). The molecule has 1 saturated heterocycles. The lowest BCUT2D eigenvalue weighted by Crippen LogP contribution is -2.51. The summed E-state index contributed by atoms with van der Waals surface area (Å²) in [6, 6.07) is 0.193. The number of carbonyl (C=O) groups is 1. The lowest BCUT2D eigenvalue weighted by Gasteiger charge is -2.37. The zero-order valence-corrected chi connectivity index (χ0v) is 13.3. The first kappa shape index (κ1) is 17.2. The molecule has 0 aliphatic carbocycles. The summed E-state index contributed by atoms with van der Waals surface area (Å²) >= 11 is 0. The van der Waals surface area contributed by atoms with E-state index in [-0.39, 0.29) is 18.7 Å². The molecule has 0 aromatic rings. The van der Waals surface area contributed by atoms with Crippen molar-refractivity contribution in [3.8, 4) is 0 Å². The quantitative estimate of drug-likeness (QED) is 0.759. The SMILES string of the molecule is CC1CN(CCCCO)CCC1NC(=O)OC(C)(C)C. The van der Waals surface area contributed by atoms with E-state index < -0.39 is 5.60 Å². The molecule has 0 aromatic carbocycles. The Labute approximate surface area is 122 Å². The fourth-order valence-corrected chi connectivity index (χ4v) is 2.56. The van der Waals surface area contributed by atoms with Crippen LogP contribution < -0.4 is 5.32 Å². The summed E-state index contributed by atoms with van der Waals surface area (Å²) in [5.74, 6) is 0.422. The van der Waals surface area contributed by atoms with Gasteiger partial charge in [-0.25, -0.2) is 4.79 Å². The van der Waals surface area contributed by atoms with Crippen molar-refractivity contribution in [2.24, 2.45) is 5.92 Å². The number of alkyl carbamates (subject to hydrolysis) is 1. The Kier molecular flexibility index (Phi) is 6.76. The number of aliphatic hydroxyl groups is 1. The van der Waals surface area contributed by atoms with E-state index in [0.717, 1.165) is 38.9 Å². The molecule has 5 heteroatoms. The van der Waals surface area contributed by atoms with E-state index in [2.05, 4.69) is 17.1 Å². The van der Waals surface area contributed by atoms with E-state index in [0.29, 0.717) is 5.92 Å². The van der Waals surface area contributed by atoms with E-state index in [4.69, 9.17) is 9.84 Å². The van der Waals surface area contributed by atoms with E-state index >= 15 is 0 Å². The number of likely N-dealkylation sites (tertiary alicyclic amines) is 1. The highest BCUT2D eigenvalue weighted by Gasteiger charge is 2.28. The van der Waals surface area contributed by atoms with Crippen molar-refractivity contribution >= 4 is 6.09 Å². The Morgan fingerprint density at radius 2 is 2.10 bits per heavy atom. The highest BCUT2D eigenvalue weighted by Crippen LogP contribution is 2.18. The molecule has 5 nitrogen and oxygen atoms in total. The van der Waals surface area contributed by atoms with E-state index in [9.17, 15) is 4.79 Å². The molecule has 1 heterocycles. The van der Waals surface area contributed by atoms with Crippen LogP contribution in [-0.4, -0.2) is 54.0 Å². The molecule has 20 heavy (non-hydrogen) atoms. The first-order valence-electron chi connectivity index (χ1n) is 7.64. The smallest absolute Gasteiger partial charge is 0.407 e. The number of hydrogen-bond acceptors (Lipinski definition) is 4. The molecule has 0 saturated carbocycles. The Morgan fingerprint density at radius 1 is 1.40 bits per heavy atom. The summed E-state index contributed by atoms with van der Waals surface area (Å²) in [5.41, 5.74) is -0.446. The molecule has 0 aromatic heterocycles. The normalized spacial score (nSPS) is 24.4. The molecule has 2 atom stereocenters. The van der Waals surface area contributed by atoms with Gasteiger partial charge in [0.2, 0.25) is 0 Å². The average molecular weight is 286 g/mol. The van der Waals surface area contributed by atoms with Crippen molar-refractivity contribution in [1.82, 2.24) is 10.2 Å². The van der Waals surface area contributed by atoms with Crippen LogP contribution in [-0.2, 0) is 4.74 Å². The van der Waals surface area contributed by atoms with Crippen molar-refractivity contribution in [1.29, 1.82) is 0 Å². The van der Waals surface area contributed by atoms with Crippen LogP contribution >= 0.6 is 0 Å². The zero-order valence-electron chi connectivity index (χ0n) is 13.3. The summed E-state index contributed by atoms with van der Waals surface area (Å²) in [6.45, 7) is 11.1. The molecule has 0 radical (unpaired) electrons. The Bertz CT molecular complexity index is 302. The highest BCUT2D eigenvalue weighted by atomic mass is 16.6. The second-order valence-electron chi connectivity index (χ2n) is 6.75. The number of amides is 1. The van der Waals surface area contributed by atoms with E-state index in [1.165, 1.54) is 0 Å². The van der Waals surface area contributed by atoms with Gasteiger partial charge in [0.15, 0.2) is 0 Å². The molecule has 1 aliphatic rings. The minimum absolute atomic E-state index is 0.193. The van der Waals surface area contributed by atoms with Crippen LogP contribution in [0.25, 0.3) is 0 Å². The second-order valence-corrected chi connectivity index (χ2v) is 6.75. The van der Waals surface area contributed by atoms with Crippen molar-refractivity contribution in [2.45, 2.75) is 58.6 Å². The number of unbranched alkanes of at least 4 members (excludes halogenated alkanes) is 1. The fourth-order valence-electron chi connectivity index (χ4n) is 2.56. The monoisotopic (exact) mass is 286 g/mol. The predicted octanol–water partition coefficient (Wildman–Crippen LogP) is 1.99. The Morgan fingerprint density at radius 3 is 2.65 bits per heavy atom. The van der Waals surface area contributed by atoms with Gasteiger partial charge in [0.1, 0.15) is 5.60 Å². The molecular formula is C15H30N2O3. The van der Waals surface area contributed by atoms with Crippen LogP contribution in [0.3, 0.4) is 0 Å². The average Bonchev–Trinajstić information content (AvgIpc) is 2.30. The van der Waals surface area contributed by atoms with E-state index in [1.807, 2.05) is 20.8 Å². The number of ether oxygens (including phenoxy) is 1. The van der Waals surface area contributed by atoms with Crippen LogP contribution in [0.1, 0.15) is 47.0 Å². The molecule has 0 spiro atoms. The summed E-state index contributed by atoms with van der Waals surface area (Å²) in [6.07, 6.45) is 2.54. The number of carbonyl (C=O) groups excluding carboxylic acids is 1. The minimum atomic E-state index is -0.446. The van der Waals surface area contributed by atoms with Crippen LogP contribution in [0, 0.1) is 5.92 Å². The summed E-state index contributed by atoms with van der Waals surface area (Å²) in [5, 5.41) is 11.8. The lowest BCUT2D eigenvalue weighted by atomic mass is 9.94. The number of hydrogen-bond donors (Lipinski definition) is 2. The van der Waals surface area contributed by atoms with E-state index in [1.54, 1.807) is 0 Å². The maximum atomic E-state index is 11.8. The third kappa shape index (κ3) is 6.57. The molecule has 2 N–H and O–H groups in total. The van der Waals surface area contributed by atoms with Crippen LogP contribution in [0.5, 0.6) is 0 Å². The first-order chi connectivity index (χ1) is 9.31. The Balaban J connectivity index is 2.31. The fraction of sp³-hybridized carbons (Fsp3) is 0.933. The third-order valence-electron chi connectivity index (χ3n) is 3.57. The molecule has 1 amide bonds. The van der Waals surface area contributed by atoms with Crippen molar-refractivity contribution in [3.05, 3.63) is 0 Å². The third-order valence-corrected chi connectivity index (χ3v) is 3.57.